The molecule has 2 N–H and O–H groups in total. The van der Waals surface area contributed by atoms with E-state index in [-0.39, 0.29) is 0 Å². The van der Waals surface area contributed by atoms with Crippen LogP contribution in [0.2, 0.25) is 0 Å². The fourth-order valence-electron chi connectivity index (χ4n) is 2.20. The Labute approximate surface area is 141 Å². The van der Waals surface area contributed by atoms with Crippen molar-refractivity contribution >= 4 is 12.2 Å². The van der Waals surface area contributed by atoms with Crippen LogP contribution in [-0.2, 0) is 6.18 Å². The van der Waals surface area contributed by atoms with Crippen molar-refractivity contribution in [1.82, 2.24) is 14.6 Å². The monoisotopic (exact) mass is 345 g/mol. The summed E-state index contributed by atoms with van der Waals surface area (Å²) in [5.74, 6) is 0.291. The van der Waals surface area contributed by atoms with Gasteiger partial charge in [-0.3, -0.25) is 4.98 Å². The molecular formula is C17H14F3N5. The summed E-state index contributed by atoms with van der Waals surface area (Å²) in [6.07, 6.45) is -0.248. The van der Waals surface area contributed by atoms with Crippen molar-refractivity contribution in [2.75, 3.05) is 5.73 Å². The topological polar surface area (TPSA) is 69.1 Å². The molecule has 3 aromatic rings. The van der Waals surface area contributed by atoms with Crippen LogP contribution in [-0.4, -0.2) is 20.9 Å². The number of nitrogens with two attached hydrogens (primary N) is 1. The molecule has 0 fully saturated rings. The summed E-state index contributed by atoms with van der Waals surface area (Å²) in [7, 11) is 0. The molecule has 2 heterocycles. The van der Waals surface area contributed by atoms with E-state index < -0.39 is 11.7 Å². The minimum Gasteiger partial charge on any atom is -0.368 e. The van der Waals surface area contributed by atoms with Crippen LogP contribution < -0.4 is 5.73 Å². The molecule has 0 saturated carbocycles. The Morgan fingerprint density at radius 3 is 2.36 bits per heavy atom. The molecule has 0 aliphatic rings. The molecule has 3 rings (SSSR count). The number of nitrogen functional groups attached to an aromatic ring is 1. The van der Waals surface area contributed by atoms with Crippen LogP contribution in [0, 0.1) is 6.92 Å². The molecule has 0 bridgehead atoms. The van der Waals surface area contributed by atoms with Crippen molar-refractivity contribution in [3.8, 4) is 11.3 Å². The van der Waals surface area contributed by atoms with Gasteiger partial charge < -0.3 is 5.73 Å². The van der Waals surface area contributed by atoms with Crippen LogP contribution in [0.5, 0.6) is 0 Å². The summed E-state index contributed by atoms with van der Waals surface area (Å²) in [6.45, 7) is 1.81. The van der Waals surface area contributed by atoms with E-state index in [1.807, 2.05) is 6.92 Å². The van der Waals surface area contributed by atoms with E-state index in [0.717, 1.165) is 23.5 Å². The van der Waals surface area contributed by atoms with Gasteiger partial charge in [0.1, 0.15) is 0 Å². The van der Waals surface area contributed by atoms with Gasteiger partial charge in [-0.2, -0.15) is 18.3 Å². The van der Waals surface area contributed by atoms with Crippen LogP contribution in [0.1, 0.15) is 16.8 Å². The minimum atomic E-state index is -4.39. The van der Waals surface area contributed by atoms with Gasteiger partial charge in [0.15, 0.2) is 0 Å². The first-order chi connectivity index (χ1) is 11.8. The average Bonchev–Trinajstić information content (AvgIpc) is 2.90. The van der Waals surface area contributed by atoms with Gasteiger partial charge in [-0.1, -0.05) is 24.3 Å². The molecule has 0 saturated heterocycles. The molecule has 0 aliphatic heterocycles. The van der Waals surface area contributed by atoms with Gasteiger partial charge in [-0.25, -0.2) is 9.66 Å². The van der Waals surface area contributed by atoms with Crippen molar-refractivity contribution < 1.29 is 13.2 Å². The zero-order valence-corrected chi connectivity index (χ0v) is 13.2. The first kappa shape index (κ1) is 16.7. The predicted molar refractivity (Wildman–Crippen MR) is 89.0 cm³/mol. The van der Waals surface area contributed by atoms with Gasteiger partial charge >= 0.3 is 6.18 Å². The Kier molecular flexibility index (Phi) is 4.26. The third-order valence-electron chi connectivity index (χ3n) is 3.46. The molecular weight excluding hydrogens is 331 g/mol. The Morgan fingerprint density at radius 2 is 1.84 bits per heavy atom. The summed E-state index contributed by atoms with van der Waals surface area (Å²) in [5, 5.41) is 4.20. The molecule has 0 radical (unpaired) electrons. The number of hydrogen-bond acceptors (Lipinski definition) is 4. The van der Waals surface area contributed by atoms with Crippen LogP contribution in [0.15, 0.2) is 53.9 Å². The normalized spacial score (nSPS) is 12.0. The highest BCUT2D eigenvalue weighted by molar-refractivity contribution is 5.80. The predicted octanol–water partition coefficient (Wildman–Crippen LogP) is 3.74. The first-order valence-electron chi connectivity index (χ1n) is 7.32. The molecule has 0 unspecified atom stereocenters. The maximum absolute atomic E-state index is 12.6. The molecule has 8 heteroatoms. The lowest BCUT2D eigenvalue weighted by atomic mass is 10.1. The Morgan fingerprint density at radius 1 is 1.12 bits per heavy atom. The number of rotatable bonds is 3. The zero-order chi connectivity index (χ0) is 18.0. The van der Waals surface area contributed by atoms with Gasteiger partial charge in [0, 0.05) is 11.8 Å². The number of halogens is 3. The van der Waals surface area contributed by atoms with Gasteiger partial charge in [-0.05, 0) is 24.6 Å². The molecule has 0 amide bonds. The number of anilines is 1. The number of hydrogen-bond donors (Lipinski definition) is 1. The minimum absolute atomic E-state index is 0.291. The van der Waals surface area contributed by atoms with Crippen molar-refractivity contribution in [1.29, 1.82) is 0 Å². The summed E-state index contributed by atoms with van der Waals surface area (Å²) in [6, 6.07) is 9.47. The van der Waals surface area contributed by atoms with Crippen molar-refractivity contribution in [3.05, 3.63) is 65.6 Å². The molecule has 5 nitrogen and oxygen atoms in total. The van der Waals surface area contributed by atoms with Gasteiger partial charge in [0.05, 0.1) is 29.4 Å². The second-order valence-electron chi connectivity index (χ2n) is 5.38. The highest BCUT2D eigenvalue weighted by atomic mass is 19.4. The summed E-state index contributed by atoms with van der Waals surface area (Å²) < 4.78 is 39.1. The van der Waals surface area contributed by atoms with E-state index in [1.165, 1.54) is 10.7 Å². The van der Waals surface area contributed by atoms with E-state index in [1.54, 1.807) is 36.7 Å². The number of nitrogens with zero attached hydrogens (tertiary/aromatic N) is 4. The number of alkyl halides is 3. The number of pyridine rings is 1. The third kappa shape index (κ3) is 3.85. The third-order valence-corrected chi connectivity index (χ3v) is 3.46. The van der Waals surface area contributed by atoms with E-state index in [4.69, 9.17) is 5.73 Å². The molecule has 1 aromatic carbocycles. The second kappa shape index (κ2) is 6.39. The van der Waals surface area contributed by atoms with Gasteiger partial charge in [0.25, 0.3) is 0 Å². The van der Waals surface area contributed by atoms with Crippen LogP contribution in [0.4, 0.5) is 19.1 Å². The molecule has 128 valence electrons. The molecule has 0 aliphatic carbocycles. The Balaban J connectivity index is 1.77. The molecule has 25 heavy (non-hydrogen) atoms. The Hall–Kier alpha value is -3.16. The molecule has 0 spiro atoms. The molecule has 2 aromatic heterocycles. The van der Waals surface area contributed by atoms with E-state index in [0.29, 0.717) is 17.2 Å². The van der Waals surface area contributed by atoms with Crippen molar-refractivity contribution in [2.24, 2.45) is 5.10 Å². The number of aromatic nitrogens is 3. The standard InChI is InChI=1S/C17H14F3N5/c1-11-10-25(16(21)24-11)23-8-12-2-4-13(5-3-12)15-7-6-14(9-22-15)17(18,19)20/h2-10H,1H3,(H2,21,24). The lowest BCUT2D eigenvalue weighted by molar-refractivity contribution is -0.137. The largest absolute Gasteiger partial charge is 0.417 e. The second-order valence-corrected chi connectivity index (χ2v) is 5.38. The Bertz CT molecular complexity index is 894. The van der Waals surface area contributed by atoms with E-state index >= 15 is 0 Å². The van der Waals surface area contributed by atoms with E-state index in [2.05, 4.69) is 15.1 Å². The lowest BCUT2D eigenvalue weighted by Gasteiger charge is -2.07. The van der Waals surface area contributed by atoms with Crippen LogP contribution in [0.3, 0.4) is 0 Å². The molecule has 0 atom stereocenters. The summed E-state index contributed by atoms with van der Waals surface area (Å²) in [5.41, 5.74) is 7.67. The average molecular weight is 345 g/mol. The quantitative estimate of drug-likeness (QED) is 0.735. The van der Waals surface area contributed by atoms with Crippen molar-refractivity contribution in [3.63, 3.8) is 0 Å². The highest BCUT2D eigenvalue weighted by Crippen LogP contribution is 2.29. The summed E-state index contributed by atoms with van der Waals surface area (Å²) >= 11 is 0. The fourth-order valence-corrected chi connectivity index (χ4v) is 2.20. The number of imidazole rings is 1. The number of aryl methyl sites for hydroxylation is 1. The summed E-state index contributed by atoms with van der Waals surface area (Å²) in [4.78, 5) is 7.91. The lowest BCUT2D eigenvalue weighted by Crippen LogP contribution is -2.05. The maximum Gasteiger partial charge on any atom is 0.417 e. The van der Waals surface area contributed by atoms with Gasteiger partial charge in [-0.15, -0.1) is 0 Å². The highest BCUT2D eigenvalue weighted by Gasteiger charge is 2.30. The zero-order valence-electron chi connectivity index (χ0n) is 13.2. The van der Waals surface area contributed by atoms with Crippen LogP contribution in [0.25, 0.3) is 11.3 Å². The smallest absolute Gasteiger partial charge is 0.368 e. The number of benzene rings is 1. The SMILES string of the molecule is Cc1cn(N=Cc2ccc(-c3ccc(C(F)(F)F)cn3)cc2)c(N)n1. The fraction of sp³-hybridized carbons (Fsp3) is 0.118. The maximum atomic E-state index is 12.6. The van der Waals surface area contributed by atoms with E-state index in [9.17, 15) is 13.2 Å². The first-order valence-corrected chi connectivity index (χ1v) is 7.32. The van der Waals surface area contributed by atoms with Gasteiger partial charge in [0.2, 0.25) is 5.95 Å². The van der Waals surface area contributed by atoms with Crippen molar-refractivity contribution in [2.45, 2.75) is 13.1 Å². The van der Waals surface area contributed by atoms with Crippen LogP contribution >= 0.6 is 0 Å².